The summed E-state index contributed by atoms with van der Waals surface area (Å²) in [5.74, 6) is 5.67. The Morgan fingerprint density at radius 2 is 2.42 bits per heavy atom. The molecular weight excluding hydrogens is 252 g/mol. The zero-order chi connectivity index (χ0) is 14.0. The first-order valence-electron chi connectivity index (χ1n) is 5.94. The molecule has 0 bridgehead atoms. The molecule has 0 saturated carbocycles. The van der Waals surface area contributed by atoms with Gasteiger partial charge in [-0.1, -0.05) is 6.92 Å². The number of hydrazine groups is 1. The standard InChI is InChI=1S/C10H16N6O3/c1-6-2-3-15(5-8(6)17)9-7(16(18)19)4-12-10(13-9)14-11/h4,6,8,17H,2-3,5,11H2,1H3,(H,12,13,14). The van der Waals surface area contributed by atoms with E-state index in [0.717, 1.165) is 12.6 Å². The summed E-state index contributed by atoms with van der Waals surface area (Å²) < 4.78 is 0. The maximum absolute atomic E-state index is 11.0. The maximum Gasteiger partial charge on any atom is 0.329 e. The van der Waals surface area contributed by atoms with Gasteiger partial charge in [-0.05, 0) is 12.3 Å². The predicted octanol–water partition coefficient (Wildman–Crippen LogP) is -0.123. The van der Waals surface area contributed by atoms with E-state index >= 15 is 0 Å². The van der Waals surface area contributed by atoms with Crippen molar-refractivity contribution >= 4 is 17.5 Å². The molecule has 9 heteroatoms. The van der Waals surface area contributed by atoms with Crippen LogP contribution in [-0.4, -0.2) is 39.2 Å². The van der Waals surface area contributed by atoms with Crippen LogP contribution >= 0.6 is 0 Å². The van der Waals surface area contributed by atoms with Crippen LogP contribution in [0.3, 0.4) is 0 Å². The first kappa shape index (κ1) is 13.4. The summed E-state index contributed by atoms with van der Waals surface area (Å²) in [6, 6.07) is 0. The Balaban J connectivity index is 2.34. The molecule has 2 atom stereocenters. The number of piperidine rings is 1. The molecule has 2 rings (SSSR count). The number of anilines is 2. The van der Waals surface area contributed by atoms with Crippen molar-refractivity contribution in [1.82, 2.24) is 9.97 Å². The maximum atomic E-state index is 11.0. The normalized spacial score (nSPS) is 23.2. The molecule has 2 heterocycles. The first-order valence-corrected chi connectivity index (χ1v) is 5.94. The lowest BCUT2D eigenvalue weighted by molar-refractivity contribution is -0.384. The molecule has 0 amide bonds. The van der Waals surface area contributed by atoms with Crippen molar-refractivity contribution in [2.24, 2.45) is 11.8 Å². The van der Waals surface area contributed by atoms with Gasteiger partial charge in [-0.25, -0.2) is 10.8 Å². The van der Waals surface area contributed by atoms with Crippen LogP contribution in [0.4, 0.5) is 17.5 Å². The van der Waals surface area contributed by atoms with E-state index in [1.165, 1.54) is 0 Å². The average molecular weight is 268 g/mol. The second kappa shape index (κ2) is 5.33. The van der Waals surface area contributed by atoms with Crippen LogP contribution in [0.2, 0.25) is 0 Å². The van der Waals surface area contributed by atoms with Crippen LogP contribution in [0.1, 0.15) is 13.3 Å². The number of nitrogens with zero attached hydrogens (tertiary/aromatic N) is 4. The Hall–Kier alpha value is -2.00. The average Bonchev–Trinajstić information content (AvgIpc) is 2.41. The second-order valence-electron chi connectivity index (χ2n) is 4.58. The van der Waals surface area contributed by atoms with Crippen LogP contribution < -0.4 is 16.2 Å². The van der Waals surface area contributed by atoms with Gasteiger partial charge in [0.2, 0.25) is 11.8 Å². The number of hydrogen-bond donors (Lipinski definition) is 3. The highest BCUT2D eigenvalue weighted by molar-refractivity contribution is 5.59. The van der Waals surface area contributed by atoms with Gasteiger partial charge in [0.1, 0.15) is 6.20 Å². The highest BCUT2D eigenvalue weighted by Gasteiger charge is 2.30. The molecule has 1 saturated heterocycles. The third-order valence-corrected chi connectivity index (χ3v) is 3.29. The number of nitro groups is 1. The van der Waals surface area contributed by atoms with E-state index < -0.39 is 11.0 Å². The molecule has 1 aliphatic heterocycles. The van der Waals surface area contributed by atoms with Gasteiger partial charge in [-0.3, -0.25) is 15.5 Å². The lowest BCUT2D eigenvalue weighted by atomic mass is 9.96. The molecular formula is C10H16N6O3. The van der Waals surface area contributed by atoms with E-state index in [0.29, 0.717) is 13.1 Å². The van der Waals surface area contributed by atoms with Crippen molar-refractivity contribution in [3.8, 4) is 0 Å². The van der Waals surface area contributed by atoms with Crippen molar-refractivity contribution in [2.75, 3.05) is 23.4 Å². The zero-order valence-corrected chi connectivity index (χ0v) is 10.5. The predicted molar refractivity (Wildman–Crippen MR) is 68.5 cm³/mol. The number of aliphatic hydroxyl groups excluding tert-OH is 1. The van der Waals surface area contributed by atoms with Gasteiger partial charge < -0.3 is 10.0 Å². The van der Waals surface area contributed by atoms with Gasteiger partial charge in [0.05, 0.1) is 11.0 Å². The van der Waals surface area contributed by atoms with Gasteiger partial charge in [0.25, 0.3) is 0 Å². The fraction of sp³-hybridized carbons (Fsp3) is 0.600. The summed E-state index contributed by atoms with van der Waals surface area (Å²) in [7, 11) is 0. The van der Waals surface area contributed by atoms with Crippen LogP contribution in [0.15, 0.2) is 6.20 Å². The second-order valence-corrected chi connectivity index (χ2v) is 4.58. The molecule has 9 nitrogen and oxygen atoms in total. The van der Waals surface area contributed by atoms with E-state index in [1.807, 2.05) is 6.92 Å². The number of hydrogen-bond acceptors (Lipinski definition) is 8. The smallest absolute Gasteiger partial charge is 0.329 e. The Labute approximate surface area is 109 Å². The monoisotopic (exact) mass is 268 g/mol. The largest absolute Gasteiger partial charge is 0.391 e. The molecule has 1 fully saturated rings. The number of aromatic nitrogens is 2. The fourth-order valence-corrected chi connectivity index (χ4v) is 2.04. The van der Waals surface area contributed by atoms with Gasteiger partial charge in [-0.15, -0.1) is 0 Å². The quantitative estimate of drug-likeness (QED) is 0.393. The van der Waals surface area contributed by atoms with Crippen molar-refractivity contribution in [3.05, 3.63) is 16.3 Å². The van der Waals surface area contributed by atoms with Gasteiger partial charge in [0, 0.05) is 13.1 Å². The highest BCUT2D eigenvalue weighted by Crippen LogP contribution is 2.29. The van der Waals surface area contributed by atoms with Gasteiger partial charge in [0.15, 0.2) is 0 Å². The Bertz CT molecular complexity index is 482. The molecule has 19 heavy (non-hydrogen) atoms. The van der Waals surface area contributed by atoms with E-state index in [9.17, 15) is 15.2 Å². The third kappa shape index (κ3) is 2.71. The van der Waals surface area contributed by atoms with Crippen molar-refractivity contribution in [3.63, 3.8) is 0 Å². The summed E-state index contributed by atoms with van der Waals surface area (Å²) in [6.45, 7) is 2.85. The van der Waals surface area contributed by atoms with E-state index in [2.05, 4.69) is 15.4 Å². The van der Waals surface area contributed by atoms with Crippen LogP contribution in [-0.2, 0) is 0 Å². The topological polar surface area (TPSA) is 130 Å². The molecule has 0 radical (unpaired) electrons. The Kier molecular flexibility index (Phi) is 3.76. The van der Waals surface area contributed by atoms with Crippen LogP contribution in [0, 0.1) is 16.0 Å². The number of nitrogen functional groups attached to an aromatic ring is 1. The van der Waals surface area contributed by atoms with E-state index in [1.54, 1.807) is 4.90 Å². The minimum absolute atomic E-state index is 0.105. The third-order valence-electron chi connectivity index (χ3n) is 3.29. The van der Waals surface area contributed by atoms with Gasteiger partial charge >= 0.3 is 5.69 Å². The number of rotatable bonds is 3. The summed E-state index contributed by atoms with van der Waals surface area (Å²) >= 11 is 0. The summed E-state index contributed by atoms with van der Waals surface area (Å²) in [6.07, 6.45) is 1.33. The molecule has 0 aromatic carbocycles. The summed E-state index contributed by atoms with van der Waals surface area (Å²) in [4.78, 5) is 19.9. The lowest BCUT2D eigenvalue weighted by Crippen LogP contribution is -2.43. The lowest BCUT2D eigenvalue weighted by Gasteiger charge is -2.34. The SMILES string of the molecule is CC1CCN(c2nc(NN)ncc2[N+](=O)[O-])CC1O. The molecule has 1 aliphatic rings. The fourth-order valence-electron chi connectivity index (χ4n) is 2.04. The Morgan fingerprint density at radius 3 is 3.00 bits per heavy atom. The number of nitrogens with one attached hydrogen (secondary N) is 1. The molecule has 4 N–H and O–H groups in total. The van der Waals surface area contributed by atoms with Crippen molar-refractivity contribution in [1.29, 1.82) is 0 Å². The van der Waals surface area contributed by atoms with Crippen molar-refractivity contribution in [2.45, 2.75) is 19.4 Å². The number of nitrogens with two attached hydrogens (primary N) is 1. The molecule has 1 aromatic heterocycles. The minimum Gasteiger partial charge on any atom is -0.391 e. The highest BCUT2D eigenvalue weighted by atomic mass is 16.6. The molecule has 2 unspecified atom stereocenters. The summed E-state index contributed by atoms with van der Waals surface area (Å²) in [5, 5.41) is 20.9. The minimum atomic E-state index is -0.542. The molecule has 104 valence electrons. The van der Waals surface area contributed by atoms with E-state index in [4.69, 9.17) is 5.84 Å². The molecule has 1 aromatic rings. The molecule has 0 spiro atoms. The number of β-amino-alcohol motifs (C(OH)–C–C–N with tert-alkyl or cyclic N) is 1. The van der Waals surface area contributed by atoms with Crippen LogP contribution in [0.5, 0.6) is 0 Å². The zero-order valence-electron chi connectivity index (χ0n) is 10.5. The van der Waals surface area contributed by atoms with Crippen LogP contribution in [0.25, 0.3) is 0 Å². The first-order chi connectivity index (χ1) is 9.02. The van der Waals surface area contributed by atoms with Crippen molar-refractivity contribution < 1.29 is 10.0 Å². The number of aliphatic hydroxyl groups is 1. The van der Waals surface area contributed by atoms with Gasteiger partial charge in [-0.2, -0.15) is 4.98 Å². The molecule has 0 aliphatic carbocycles. The summed E-state index contributed by atoms with van der Waals surface area (Å²) in [5.41, 5.74) is 2.06. The van der Waals surface area contributed by atoms with E-state index in [-0.39, 0.29) is 23.4 Å². The Morgan fingerprint density at radius 1 is 1.68 bits per heavy atom.